The van der Waals surface area contributed by atoms with Gasteiger partial charge in [-0.25, -0.2) is 0 Å². The number of rotatable bonds is 2. The van der Waals surface area contributed by atoms with Gasteiger partial charge in [-0.15, -0.1) is 0 Å². The molecule has 1 atom stereocenters. The summed E-state index contributed by atoms with van der Waals surface area (Å²) in [6.45, 7) is 1.80. The number of benzene rings is 2. The van der Waals surface area contributed by atoms with Crippen LogP contribution in [0.5, 0.6) is 17.2 Å². The van der Waals surface area contributed by atoms with Gasteiger partial charge < -0.3 is 23.8 Å². The number of fused-ring (bicyclic) bond motifs is 3. The molecule has 7 heteroatoms. The summed E-state index contributed by atoms with van der Waals surface area (Å²) in [7, 11) is 0. The Labute approximate surface area is 169 Å². The third-order valence-corrected chi connectivity index (χ3v) is 5.25. The Bertz CT molecular complexity index is 1360. The van der Waals surface area contributed by atoms with E-state index in [4.69, 9.17) is 13.6 Å². The summed E-state index contributed by atoms with van der Waals surface area (Å²) < 4.78 is 16.9. The minimum atomic E-state index is -0.513. The number of aryl methyl sites for hydroxylation is 1. The first-order valence-corrected chi connectivity index (χ1v) is 9.30. The Balaban J connectivity index is 1.78. The van der Waals surface area contributed by atoms with Crippen molar-refractivity contribution in [3.63, 3.8) is 0 Å². The van der Waals surface area contributed by atoms with E-state index in [2.05, 4.69) is 0 Å². The summed E-state index contributed by atoms with van der Waals surface area (Å²) in [5.41, 5.74) is 0.949. The highest BCUT2D eigenvalue weighted by Gasteiger charge is 2.35. The number of furan rings is 1. The molecule has 0 saturated carbocycles. The number of phenols is 2. The van der Waals surface area contributed by atoms with Gasteiger partial charge in [0.15, 0.2) is 0 Å². The minimum Gasteiger partial charge on any atom is -0.508 e. The van der Waals surface area contributed by atoms with Crippen molar-refractivity contribution < 1.29 is 28.6 Å². The zero-order valence-electron chi connectivity index (χ0n) is 15.8. The lowest BCUT2D eigenvalue weighted by Gasteiger charge is -2.24. The molecule has 0 aliphatic carbocycles. The lowest BCUT2D eigenvalue weighted by Crippen LogP contribution is -2.21. The fourth-order valence-electron chi connectivity index (χ4n) is 3.86. The smallest absolute Gasteiger partial charge is 0.312 e. The van der Waals surface area contributed by atoms with E-state index in [0.717, 1.165) is 0 Å². The van der Waals surface area contributed by atoms with Crippen molar-refractivity contribution >= 4 is 16.9 Å². The second-order valence-electron chi connectivity index (χ2n) is 7.22. The zero-order chi connectivity index (χ0) is 21.0. The quantitative estimate of drug-likeness (QED) is 0.380. The maximum Gasteiger partial charge on any atom is 0.312 e. The van der Waals surface area contributed by atoms with E-state index in [-0.39, 0.29) is 40.2 Å². The highest BCUT2D eigenvalue weighted by molar-refractivity contribution is 5.94. The van der Waals surface area contributed by atoms with Crippen LogP contribution in [0.1, 0.15) is 29.4 Å². The number of aromatic hydroxyl groups is 2. The van der Waals surface area contributed by atoms with Gasteiger partial charge >= 0.3 is 5.97 Å². The van der Waals surface area contributed by atoms with E-state index < -0.39 is 17.3 Å². The first-order chi connectivity index (χ1) is 14.4. The van der Waals surface area contributed by atoms with Crippen LogP contribution in [0.3, 0.4) is 0 Å². The second kappa shape index (κ2) is 6.52. The Morgan fingerprint density at radius 1 is 1.03 bits per heavy atom. The standard InChI is InChI=1S/C23H16O7/c1-11-2-7-17(29-11)14-8-19(26)30-18-9-16(25)21-22(27)15(10-28-23(21)20(14)18)12-3-5-13(24)6-4-12/h2-7,9-10,14,24-25H,8H2,1H3/t14-/m1/s1. The van der Waals surface area contributed by atoms with Gasteiger partial charge in [0.1, 0.15) is 46.0 Å². The Morgan fingerprint density at radius 2 is 1.80 bits per heavy atom. The van der Waals surface area contributed by atoms with Crippen molar-refractivity contribution in [1.82, 2.24) is 0 Å². The molecule has 1 aliphatic rings. The molecule has 0 radical (unpaired) electrons. The number of hydrogen-bond donors (Lipinski definition) is 2. The SMILES string of the molecule is Cc1ccc([C@H]2CC(=O)Oc3cc(O)c4c(=O)c(-c5ccc(O)cc5)coc4c32)o1. The molecule has 30 heavy (non-hydrogen) atoms. The number of carbonyl (C=O) groups excluding carboxylic acids is 1. The van der Waals surface area contributed by atoms with Crippen molar-refractivity contribution in [3.8, 4) is 28.4 Å². The molecule has 0 spiro atoms. The molecule has 2 N–H and O–H groups in total. The average Bonchev–Trinajstić information content (AvgIpc) is 3.14. The van der Waals surface area contributed by atoms with Crippen LogP contribution in [0.2, 0.25) is 0 Å². The van der Waals surface area contributed by atoms with Gasteiger partial charge in [0.25, 0.3) is 0 Å². The topological polar surface area (TPSA) is 110 Å². The highest BCUT2D eigenvalue weighted by Crippen LogP contribution is 2.45. The zero-order valence-corrected chi connectivity index (χ0v) is 15.8. The molecule has 7 nitrogen and oxygen atoms in total. The Morgan fingerprint density at radius 3 is 2.50 bits per heavy atom. The van der Waals surface area contributed by atoms with Gasteiger partial charge in [0.2, 0.25) is 5.43 Å². The molecular formula is C23H16O7. The summed E-state index contributed by atoms with van der Waals surface area (Å²) in [6.07, 6.45) is 1.32. The number of carbonyl (C=O) groups is 1. The molecule has 3 heterocycles. The van der Waals surface area contributed by atoms with Crippen LogP contribution in [0.25, 0.3) is 22.1 Å². The van der Waals surface area contributed by atoms with Gasteiger partial charge in [-0.2, -0.15) is 0 Å². The molecule has 4 aromatic rings. The molecule has 0 saturated heterocycles. The van der Waals surface area contributed by atoms with Gasteiger partial charge in [-0.1, -0.05) is 12.1 Å². The molecule has 5 rings (SSSR count). The van der Waals surface area contributed by atoms with Crippen LogP contribution in [0, 0.1) is 6.92 Å². The van der Waals surface area contributed by atoms with Gasteiger partial charge in [-0.05, 0) is 36.8 Å². The molecule has 150 valence electrons. The van der Waals surface area contributed by atoms with Crippen molar-refractivity contribution in [3.05, 3.63) is 76.0 Å². The monoisotopic (exact) mass is 404 g/mol. The molecule has 0 fully saturated rings. The first kappa shape index (κ1) is 18.1. The van der Waals surface area contributed by atoms with Gasteiger partial charge in [0, 0.05) is 11.6 Å². The lowest BCUT2D eigenvalue weighted by molar-refractivity contribution is -0.135. The van der Waals surface area contributed by atoms with E-state index >= 15 is 0 Å². The maximum atomic E-state index is 13.2. The molecule has 0 amide bonds. The highest BCUT2D eigenvalue weighted by atomic mass is 16.5. The molecule has 0 unspecified atom stereocenters. The summed E-state index contributed by atoms with van der Waals surface area (Å²) in [5.74, 6) is 0.105. The third-order valence-electron chi connectivity index (χ3n) is 5.25. The normalized spacial score (nSPS) is 15.8. The number of hydrogen-bond acceptors (Lipinski definition) is 7. The van der Waals surface area contributed by atoms with Crippen molar-refractivity contribution in [1.29, 1.82) is 0 Å². The predicted octanol–water partition coefficient (Wildman–Crippen LogP) is 4.21. The van der Waals surface area contributed by atoms with Crippen molar-refractivity contribution in [2.24, 2.45) is 0 Å². The Kier molecular flexibility index (Phi) is 3.92. The van der Waals surface area contributed by atoms with Crippen LogP contribution in [-0.2, 0) is 4.79 Å². The van der Waals surface area contributed by atoms with Gasteiger partial charge in [-0.3, -0.25) is 9.59 Å². The molecule has 2 aromatic heterocycles. The number of phenolic OH excluding ortho intramolecular Hbond substituents is 2. The van der Waals surface area contributed by atoms with E-state index in [0.29, 0.717) is 22.6 Å². The van der Waals surface area contributed by atoms with Crippen molar-refractivity contribution in [2.75, 3.05) is 0 Å². The minimum absolute atomic E-state index is 0.00875. The van der Waals surface area contributed by atoms with Crippen LogP contribution >= 0.6 is 0 Å². The fourth-order valence-corrected chi connectivity index (χ4v) is 3.86. The maximum absolute atomic E-state index is 13.2. The van der Waals surface area contributed by atoms with Crippen molar-refractivity contribution in [2.45, 2.75) is 19.3 Å². The summed E-state index contributed by atoms with van der Waals surface area (Å²) in [5, 5.41) is 20.0. The third kappa shape index (κ3) is 2.75. The molecule has 2 aromatic carbocycles. The molecule has 1 aliphatic heterocycles. The average molecular weight is 404 g/mol. The summed E-state index contributed by atoms with van der Waals surface area (Å²) in [6, 6.07) is 10.9. The lowest BCUT2D eigenvalue weighted by atomic mass is 9.88. The number of esters is 1. The second-order valence-corrected chi connectivity index (χ2v) is 7.22. The van der Waals surface area contributed by atoms with E-state index in [1.54, 1.807) is 31.2 Å². The predicted molar refractivity (Wildman–Crippen MR) is 107 cm³/mol. The Hall–Kier alpha value is -4.00. The summed E-state index contributed by atoms with van der Waals surface area (Å²) >= 11 is 0. The van der Waals surface area contributed by atoms with E-state index in [9.17, 15) is 19.8 Å². The van der Waals surface area contributed by atoms with Gasteiger partial charge in [0.05, 0.1) is 17.9 Å². The van der Waals surface area contributed by atoms with Crippen LogP contribution < -0.4 is 10.2 Å². The van der Waals surface area contributed by atoms with Crippen LogP contribution in [0.15, 0.2) is 62.4 Å². The van der Waals surface area contributed by atoms with E-state index in [1.165, 1.54) is 24.5 Å². The number of ether oxygens (including phenoxy) is 1. The first-order valence-electron chi connectivity index (χ1n) is 9.30. The van der Waals surface area contributed by atoms with Crippen LogP contribution in [0.4, 0.5) is 0 Å². The largest absolute Gasteiger partial charge is 0.508 e. The van der Waals surface area contributed by atoms with E-state index in [1.807, 2.05) is 0 Å². The van der Waals surface area contributed by atoms with Crippen LogP contribution in [-0.4, -0.2) is 16.2 Å². The molecular weight excluding hydrogens is 388 g/mol. The molecule has 0 bridgehead atoms. The summed E-state index contributed by atoms with van der Waals surface area (Å²) in [4.78, 5) is 25.4. The fraction of sp³-hybridized carbons (Fsp3) is 0.130.